The molecule has 1 amide bonds. The fourth-order valence-corrected chi connectivity index (χ4v) is 2.68. The van der Waals surface area contributed by atoms with Gasteiger partial charge in [-0.25, -0.2) is 4.79 Å². The predicted molar refractivity (Wildman–Crippen MR) is 91.1 cm³/mol. The van der Waals surface area contributed by atoms with E-state index in [2.05, 4.69) is 10.6 Å². The highest BCUT2D eigenvalue weighted by molar-refractivity contribution is 6.02. The van der Waals surface area contributed by atoms with Gasteiger partial charge in [0.1, 0.15) is 6.61 Å². The van der Waals surface area contributed by atoms with E-state index in [0.717, 1.165) is 19.4 Å². The van der Waals surface area contributed by atoms with Gasteiger partial charge in [0.2, 0.25) is 0 Å². The Morgan fingerprint density at radius 1 is 1.28 bits per heavy atom. The van der Waals surface area contributed by atoms with E-state index < -0.39 is 11.9 Å². The van der Waals surface area contributed by atoms with Gasteiger partial charge in [-0.2, -0.15) is 4.73 Å². The summed E-state index contributed by atoms with van der Waals surface area (Å²) < 4.78 is 5.80. The first-order valence-corrected chi connectivity index (χ1v) is 8.13. The molecule has 0 unspecified atom stereocenters. The summed E-state index contributed by atoms with van der Waals surface area (Å²) in [4.78, 5) is 24.3. The first-order chi connectivity index (χ1) is 12.1. The topological polar surface area (TPSA) is 94.4 Å². The van der Waals surface area contributed by atoms with Crippen LogP contribution in [0.15, 0.2) is 48.7 Å². The molecule has 25 heavy (non-hydrogen) atoms. The fourth-order valence-electron chi connectivity index (χ4n) is 2.68. The van der Waals surface area contributed by atoms with Crippen molar-refractivity contribution in [2.45, 2.75) is 18.9 Å². The van der Waals surface area contributed by atoms with Crippen molar-refractivity contribution in [1.82, 2.24) is 5.32 Å². The number of carbonyl (C=O) groups excluding carboxylic acids is 2. The van der Waals surface area contributed by atoms with Crippen molar-refractivity contribution in [3.63, 3.8) is 0 Å². The Hall–Kier alpha value is -2.93. The number of ether oxygens (including phenoxy) is 1. The Morgan fingerprint density at radius 3 is 2.92 bits per heavy atom. The van der Waals surface area contributed by atoms with Crippen molar-refractivity contribution in [1.29, 1.82) is 0 Å². The number of hydrogen-bond donors (Lipinski definition) is 2. The minimum atomic E-state index is -0.545. The number of esters is 1. The van der Waals surface area contributed by atoms with Gasteiger partial charge >= 0.3 is 11.9 Å². The van der Waals surface area contributed by atoms with Crippen LogP contribution in [0, 0.1) is 5.21 Å². The second-order valence-electron chi connectivity index (χ2n) is 5.84. The SMILES string of the molecule is O=C(OC[C@@H]1CCCN1)c1cccc(NC(=O)c2cccc[n+]2[O-])c1. The largest absolute Gasteiger partial charge is 0.618 e. The van der Waals surface area contributed by atoms with E-state index in [1.807, 2.05) is 0 Å². The van der Waals surface area contributed by atoms with Crippen LogP contribution < -0.4 is 15.4 Å². The van der Waals surface area contributed by atoms with Crippen molar-refractivity contribution in [2.75, 3.05) is 18.5 Å². The second kappa shape index (κ2) is 7.76. The molecule has 7 nitrogen and oxygen atoms in total. The lowest BCUT2D eigenvalue weighted by molar-refractivity contribution is -0.607. The maximum Gasteiger partial charge on any atom is 0.338 e. The van der Waals surface area contributed by atoms with Gasteiger partial charge in [-0.15, -0.1) is 0 Å². The molecule has 1 saturated heterocycles. The molecular formula is C18H19N3O4. The monoisotopic (exact) mass is 341 g/mol. The maximum absolute atomic E-state index is 12.2. The number of anilines is 1. The third kappa shape index (κ3) is 4.33. The van der Waals surface area contributed by atoms with Crippen LogP contribution in [0.1, 0.15) is 33.7 Å². The van der Waals surface area contributed by atoms with Crippen LogP contribution in [-0.2, 0) is 4.74 Å². The van der Waals surface area contributed by atoms with E-state index >= 15 is 0 Å². The summed E-state index contributed by atoms with van der Waals surface area (Å²) in [5.41, 5.74) is 0.740. The molecule has 0 aliphatic carbocycles. The number of carbonyl (C=O) groups is 2. The molecule has 0 spiro atoms. The zero-order valence-corrected chi connectivity index (χ0v) is 13.6. The molecule has 0 saturated carbocycles. The zero-order valence-electron chi connectivity index (χ0n) is 13.6. The Balaban J connectivity index is 1.63. The molecule has 130 valence electrons. The highest BCUT2D eigenvalue weighted by atomic mass is 16.5. The third-order valence-electron chi connectivity index (χ3n) is 3.99. The summed E-state index contributed by atoms with van der Waals surface area (Å²) in [5, 5.41) is 17.5. The number of pyridine rings is 1. The first-order valence-electron chi connectivity index (χ1n) is 8.13. The Kier molecular flexibility index (Phi) is 5.25. The van der Waals surface area contributed by atoms with Gasteiger partial charge in [-0.05, 0) is 43.7 Å². The van der Waals surface area contributed by atoms with E-state index in [0.29, 0.717) is 22.6 Å². The molecule has 2 aromatic rings. The zero-order chi connectivity index (χ0) is 17.6. The average molecular weight is 341 g/mol. The minimum Gasteiger partial charge on any atom is -0.618 e. The Morgan fingerprint density at radius 2 is 2.16 bits per heavy atom. The molecule has 1 atom stereocenters. The summed E-state index contributed by atoms with van der Waals surface area (Å²) in [7, 11) is 0. The van der Waals surface area contributed by atoms with Crippen molar-refractivity contribution in [3.8, 4) is 0 Å². The number of nitrogens with one attached hydrogen (secondary N) is 2. The van der Waals surface area contributed by atoms with Crippen molar-refractivity contribution >= 4 is 17.6 Å². The lowest BCUT2D eigenvalue weighted by Gasteiger charge is -2.11. The van der Waals surface area contributed by atoms with Gasteiger partial charge in [0.25, 0.3) is 5.69 Å². The minimum absolute atomic E-state index is 0.0252. The molecule has 1 fully saturated rings. The first kappa shape index (κ1) is 16.9. The molecule has 7 heteroatoms. The quantitative estimate of drug-likeness (QED) is 0.488. The van der Waals surface area contributed by atoms with Gasteiger partial charge in [0, 0.05) is 23.9 Å². The van der Waals surface area contributed by atoms with Crippen molar-refractivity contribution in [3.05, 3.63) is 65.1 Å². The van der Waals surface area contributed by atoms with E-state index in [-0.39, 0.29) is 11.7 Å². The van der Waals surface area contributed by atoms with Crippen LogP contribution in [0.3, 0.4) is 0 Å². The van der Waals surface area contributed by atoms with Crippen LogP contribution in [0.4, 0.5) is 5.69 Å². The summed E-state index contributed by atoms with van der Waals surface area (Å²) >= 11 is 0. The predicted octanol–water partition coefficient (Wildman–Crippen LogP) is 1.48. The molecule has 1 aromatic heterocycles. The summed E-state index contributed by atoms with van der Waals surface area (Å²) in [5.74, 6) is -0.986. The summed E-state index contributed by atoms with van der Waals surface area (Å²) in [6, 6.07) is 11.2. The molecule has 2 heterocycles. The van der Waals surface area contributed by atoms with E-state index in [1.54, 1.807) is 30.3 Å². The fraction of sp³-hybridized carbons (Fsp3) is 0.278. The third-order valence-corrected chi connectivity index (χ3v) is 3.99. The molecule has 3 rings (SSSR count). The standard InChI is InChI=1S/C18H19N3O4/c22-17(16-8-1-2-10-21(16)24)20-14-6-3-5-13(11-14)18(23)25-12-15-7-4-9-19-15/h1-3,5-6,8,10-11,15,19H,4,7,9,12H2,(H,20,22)/t15-/m0/s1. The van der Waals surface area contributed by atoms with E-state index in [4.69, 9.17) is 4.74 Å². The Labute approximate surface area is 145 Å². The number of rotatable bonds is 5. The smallest absolute Gasteiger partial charge is 0.338 e. The molecule has 0 bridgehead atoms. The highest BCUT2D eigenvalue weighted by Crippen LogP contribution is 2.13. The van der Waals surface area contributed by atoms with Crippen LogP contribution in [-0.4, -0.2) is 31.1 Å². The Bertz CT molecular complexity index is 772. The lowest BCUT2D eigenvalue weighted by Crippen LogP contribution is -2.36. The molecule has 2 N–H and O–H groups in total. The molecule has 1 aliphatic heterocycles. The second-order valence-corrected chi connectivity index (χ2v) is 5.84. The van der Waals surface area contributed by atoms with E-state index in [1.165, 1.54) is 18.3 Å². The molecule has 1 aliphatic rings. The van der Waals surface area contributed by atoms with Gasteiger partial charge in [-0.1, -0.05) is 6.07 Å². The van der Waals surface area contributed by atoms with Gasteiger partial charge < -0.3 is 20.6 Å². The molecular weight excluding hydrogens is 322 g/mol. The number of nitrogens with zero attached hydrogens (tertiary/aromatic N) is 1. The summed E-state index contributed by atoms with van der Waals surface area (Å²) in [6.07, 6.45) is 3.33. The van der Waals surface area contributed by atoms with Crippen LogP contribution in [0.25, 0.3) is 0 Å². The maximum atomic E-state index is 12.2. The molecule has 1 aromatic carbocycles. The number of aromatic nitrogens is 1. The van der Waals surface area contributed by atoms with Gasteiger partial charge in [0.15, 0.2) is 6.20 Å². The molecule has 0 radical (unpaired) electrons. The van der Waals surface area contributed by atoms with Crippen LogP contribution in [0.5, 0.6) is 0 Å². The van der Waals surface area contributed by atoms with Gasteiger partial charge in [0.05, 0.1) is 5.56 Å². The van der Waals surface area contributed by atoms with Crippen LogP contribution in [0.2, 0.25) is 0 Å². The van der Waals surface area contributed by atoms with E-state index in [9.17, 15) is 14.8 Å². The number of benzene rings is 1. The normalized spacial score (nSPS) is 16.4. The highest BCUT2D eigenvalue weighted by Gasteiger charge is 2.18. The van der Waals surface area contributed by atoms with Gasteiger partial charge in [-0.3, -0.25) is 4.79 Å². The lowest BCUT2D eigenvalue weighted by atomic mass is 10.2. The van der Waals surface area contributed by atoms with Crippen molar-refractivity contribution in [2.24, 2.45) is 0 Å². The van der Waals surface area contributed by atoms with Crippen molar-refractivity contribution < 1.29 is 19.1 Å². The average Bonchev–Trinajstić information content (AvgIpc) is 3.14. The number of hydrogen-bond acceptors (Lipinski definition) is 5. The summed E-state index contributed by atoms with van der Waals surface area (Å²) in [6.45, 7) is 1.28. The van der Waals surface area contributed by atoms with Crippen LogP contribution >= 0.6 is 0 Å². The number of amides is 1.